The smallest absolute Gasteiger partial charge is 0.181 e. The molecule has 7 rings (SSSR count). The van der Waals surface area contributed by atoms with E-state index in [2.05, 4.69) is 58.2 Å². The first-order valence-electron chi connectivity index (χ1n) is 14.4. The Kier molecular flexibility index (Phi) is 5.94. The van der Waals surface area contributed by atoms with Crippen LogP contribution >= 0.6 is 0 Å². The number of likely N-dealkylation sites (tertiary alicyclic amines) is 1. The van der Waals surface area contributed by atoms with Gasteiger partial charge in [-0.2, -0.15) is 5.10 Å². The molecule has 4 aromatic rings. The van der Waals surface area contributed by atoms with Crippen molar-refractivity contribution in [1.82, 2.24) is 20.1 Å². The first-order chi connectivity index (χ1) is 18.8. The average molecular weight is 541 g/mol. The lowest BCUT2D eigenvalue weighted by atomic mass is 9.89. The van der Waals surface area contributed by atoms with Crippen molar-refractivity contribution in [1.29, 1.82) is 0 Å². The predicted octanol–water partition coefficient (Wildman–Crippen LogP) is 6.35. The van der Waals surface area contributed by atoms with Crippen LogP contribution in [0.1, 0.15) is 63.5 Å². The van der Waals surface area contributed by atoms with E-state index in [0.29, 0.717) is 10.9 Å². The number of H-pyrrole nitrogens is 1. The van der Waals surface area contributed by atoms with Gasteiger partial charge in [0.25, 0.3) is 0 Å². The van der Waals surface area contributed by atoms with Crippen LogP contribution in [0.2, 0.25) is 0 Å². The molecule has 1 unspecified atom stereocenters. The van der Waals surface area contributed by atoms with Crippen molar-refractivity contribution in [2.75, 3.05) is 6.54 Å². The molecular weight excluding hydrogens is 504 g/mol. The second-order valence-electron chi connectivity index (χ2n) is 12.1. The third-order valence-corrected chi connectivity index (χ3v) is 11.8. The highest BCUT2D eigenvalue weighted by atomic mass is 32.2. The third-order valence-electron chi connectivity index (χ3n) is 9.49. The molecule has 39 heavy (non-hydrogen) atoms. The fourth-order valence-electron chi connectivity index (χ4n) is 6.89. The molecule has 202 valence electrons. The molecule has 3 aliphatic rings. The molecule has 2 aliphatic carbocycles. The van der Waals surface area contributed by atoms with Gasteiger partial charge in [0.15, 0.2) is 15.5 Å². The zero-order valence-corrected chi connectivity index (χ0v) is 23.6. The first kappa shape index (κ1) is 25.0. The molecular formula is C32H36N4O2S. The van der Waals surface area contributed by atoms with E-state index in [4.69, 9.17) is 0 Å². The molecule has 0 amide bonds. The molecule has 1 aliphatic heterocycles. The molecule has 0 spiro atoms. The SMILES string of the molecule is C[C@H]1CCCN1C1(C)CCc2ccc(-c3cnc4[nH]nc(-c5ccc(S(=O)(=O)C6CC6)cc5)c4c3)cc2CC1. The highest BCUT2D eigenvalue weighted by Gasteiger charge is 2.38. The Hall–Kier alpha value is -3.03. The number of sulfone groups is 1. The lowest BCUT2D eigenvalue weighted by molar-refractivity contribution is 0.0821. The third kappa shape index (κ3) is 4.40. The fraction of sp³-hybridized carbons (Fsp3) is 0.438. The zero-order chi connectivity index (χ0) is 26.8. The number of pyridine rings is 1. The van der Waals surface area contributed by atoms with Gasteiger partial charge in [0.1, 0.15) is 5.69 Å². The van der Waals surface area contributed by atoms with E-state index < -0.39 is 9.84 Å². The molecule has 2 aromatic carbocycles. The summed E-state index contributed by atoms with van der Waals surface area (Å²) in [4.78, 5) is 7.85. The van der Waals surface area contributed by atoms with Gasteiger partial charge in [-0.25, -0.2) is 13.4 Å². The van der Waals surface area contributed by atoms with Gasteiger partial charge < -0.3 is 0 Å². The minimum Gasteiger partial charge on any atom is -0.295 e. The Morgan fingerprint density at radius 1 is 0.923 bits per heavy atom. The summed E-state index contributed by atoms with van der Waals surface area (Å²) in [6.07, 6.45) is 10.7. The molecule has 6 nitrogen and oxygen atoms in total. The van der Waals surface area contributed by atoms with Gasteiger partial charge in [-0.15, -0.1) is 0 Å². The average Bonchev–Trinajstić information content (AvgIpc) is 3.64. The van der Waals surface area contributed by atoms with Gasteiger partial charge in [-0.05, 0) is 107 Å². The normalized spacial score (nSPS) is 24.1. The Morgan fingerprint density at radius 2 is 1.67 bits per heavy atom. The summed E-state index contributed by atoms with van der Waals surface area (Å²) in [5.41, 5.74) is 7.87. The Morgan fingerprint density at radius 3 is 2.38 bits per heavy atom. The maximum atomic E-state index is 12.6. The summed E-state index contributed by atoms with van der Waals surface area (Å²) in [5.74, 6) is 0. The van der Waals surface area contributed by atoms with E-state index in [1.807, 2.05) is 18.3 Å². The van der Waals surface area contributed by atoms with E-state index in [1.54, 1.807) is 12.1 Å². The minimum atomic E-state index is -3.21. The zero-order valence-electron chi connectivity index (χ0n) is 22.8. The minimum absolute atomic E-state index is 0.209. The van der Waals surface area contributed by atoms with Gasteiger partial charge >= 0.3 is 0 Å². The number of rotatable bonds is 5. The maximum Gasteiger partial charge on any atom is 0.181 e. The molecule has 1 N–H and O–H groups in total. The van der Waals surface area contributed by atoms with Gasteiger partial charge in [-0.1, -0.05) is 30.3 Å². The topological polar surface area (TPSA) is 79.0 Å². The number of nitrogens with one attached hydrogen (secondary N) is 1. The summed E-state index contributed by atoms with van der Waals surface area (Å²) in [5, 5.41) is 8.32. The molecule has 0 radical (unpaired) electrons. The van der Waals surface area contributed by atoms with Crippen LogP contribution in [0, 0.1) is 0 Å². The lowest BCUT2D eigenvalue weighted by Gasteiger charge is -2.41. The second kappa shape index (κ2) is 9.27. The molecule has 0 bridgehead atoms. The number of nitrogens with zero attached hydrogens (tertiary/aromatic N) is 3. The van der Waals surface area contributed by atoms with Crippen molar-refractivity contribution < 1.29 is 8.42 Å². The van der Waals surface area contributed by atoms with E-state index >= 15 is 0 Å². The molecule has 7 heteroatoms. The van der Waals surface area contributed by atoms with Crippen LogP contribution in [-0.4, -0.2) is 51.9 Å². The van der Waals surface area contributed by atoms with Crippen LogP contribution in [0.15, 0.2) is 59.6 Å². The summed E-state index contributed by atoms with van der Waals surface area (Å²) >= 11 is 0. The Labute approximate surface area is 230 Å². The van der Waals surface area contributed by atoms with E-state index in [1.165, 1.54) is 48.9 Å². The largest absolute Gasteiger partial charge is 0.295 e. The van der Waals surface area contributed by atoms with Crippen molar-refractivity contribution in [3.8, 4) is 22.4 Å². The van der Waals surface area contributed by atoms with Crippen molar-refractivity contribution in [2.24, 2.45) is 0 Å². The van der Waals surface area contributed by atoms with E-state index in [9.17, 15) is 8.42 Å². The summed E-state index contributed by atoms with van der Waals surface area (Å²) in [6.45, 7) is 6.11. The fourth-order valence-corrected chi connectivity index (χ4v) is 8.55. The van der Waals surface area contributed by atoms with Crippen LogP contribution in [0.25, 0.3) is 33.4 Å². The number of hydrogen-bond acceptors (Lipinski definition) is 5. The summed E-state index contributed by atoms with van der Waals surface area (Å²) in [7, 11) is -3.21. The van der Waals surface area contributed by atoms with Crippen LogP contribution in [0.5, 0.6) is 0 Å². The van der Waals surface area contributed by atoms with Crippen molar-refractivity contribution >= 4 is 20.9 Å². The van der Waals surface area contributed by atoms with Crippen LogP contribution < -0.4 is 0 Å². The van der Waals surface area contributed by atoms with Crippen molar-refractivity contribution in [2.45, 2.75) is 86.9 Å². The standard InChI is InChI=1S/C32H36N4O2S/c1-21-4-3-17-36(21)32(2)15-13-22-5-6-24(18-25(22)14-16-32)26-19-29-30(34-35-31(29)33-20-26)23-7-9-27(10-8-23)39(37,38)28-11-12-28/h5-10,18-21,28H,3-4,11-17H2,1-2H3,(H,33,34,35)/t21-,32?/m0/s1. The first-order valence-corrected chi connectivity index (χ1v) is 15.9. The maximum absolute atomic E-state index is 12.6. The van der Waals surface area contributed by atoms with Crippen molar-refractivity contribution in [3.05, 3.63) is 65.9 Å². The lowest BCUT2D eigenvalue weighted by Crippen LogP contribution is -2.48. The molecule has 1 saturated carbocycles. The number of hydrogen-bond donors (Lipinski definition) is 1. The Bertz CT molecular complexity index is 1660. The number of benzene rings is 2. The highest BCUT2D eigenvalue weighted by molar-refractivity contribution is 7.92. The van der Waals surface area contributed by atoms with Crippen molar-refractivity contribution in [3.63, 3.8) is 0 Å². The predicted molar refractivity (Wildman–Crippen MR) is 155 cm³/mol. The molecule has 2 atom stereocenters. The number of aromatic nitrogens is 3. The molecule has 1 saturated heterocycles. The number of aryl methyl sites for hydroxylation is 2. The van der Waals surface area contributed by atoms with Crippen LogP contribution in [-0.2, 0) is 22.7 Å². The number of aromatic amines is 1. The summed E-state index contributed by atoms with van der Waals surface area (Å²) in [6, 6.07) is 16.9. The monoisotopic (exact) mass is 540 g/mol. The van der Waals surface area contributed by atoms with Gasteiger partial charge in [-0.3, -0.25) is 10.00 Å². The van der Waals surface area contributed by atoms with E-state index in [0.717, 1.165) is 53.5 Å². The molecule has 2 fully saturated rings. The second-order valence-corrected chi connectivity index (χ2v) is 14.4. The highest BCUT2D eigenvalue weighted by Crippen LogP contribution is 2.39. The van der Waals surface area contributed by atoms with Crippen LogP contribution in [0.3, 0.4) is 0 Å². The van der Waals surface area contributed by atoms with Gasteiger partial charge in [0.2, 0.25) is 0 Å². The van der Waals surface area contributed by atoms with Gasteiger partial charge in [0.05, 0.1) is 10.1 Å². The molecule has 2 aromatic heterocycles. The Balaban J connectivity index is 1.17. The quantitative estimate of drug-likeness (QED) is 0.299. The van der Waals surface area contributed by atoms with Crippen LogP contribution in [0.4, 0.5) is 0 Å². The number of fused-ring (bicyclic) bond motifs is 2. The molecule has 3 heterocycles. The van der Waals surface area contributed by atoms with E-state index in [-0.39, 0.29) is 10.8 Å². The van der Waals surface area contributed by atoms with Gasteiger partial charge in [0, 0.05) is 34.3 Å². The summed E-state index contributed by atoms with van der Waals surface area (Å²) < 4.78 is 25.2.